The van der Waals surface area contributed by atoms with E-state index in [4.69, 9.17) is 5.73 Å². The average Bonchev–Trinajstić information content (AvgIpc) is 2.66. The standard InChI is InChI=1S/C18H23N3O4S/c19-16(13-14-7-3-1-4-8-14)17(22)18(23)20-11-12-21-26(24,25)15-9-5-2-6-10-15/h1-10,16-17,21-22H,11-13,19H2,(H,20,23)/t16-,17+/m0/s1. The Balaban J connectivity index is 1.76. The number of carbonyl (C=O) groups excluding carboxylic acids is 1. The second-order valence-electron chi connectivity index (χ2n) is 5.80. The molecule has 0 radical (unpaired) electrons. The van der Waals surface area contributed by atoms with Crippen LogP contribution in [0.25, 0.3) is 0 Å². The predicted molar refractivity (Wildman–Crippen MR) is 98.8 cm³/mol. The maximum atomic E-state index is 12.0. The van der Waals surface area contributed by atoms with Crippen molar-refractivity contribution in [2.45, 2.75) is 23.5 Å². The first-order chi connectivity index (χ1) is 12.4. The molecular weight excluding hydrogens is 354 g/mol. The van der Waals surface area contributed by atoms with Gasteiger partial charge in [0, 0.05) is 19.1 Å². The number of aliphatic hydroxyl groups excluding tert-OH is 1. The van der Waals surface area contributed by atoms with E-state index in [0.29, 0.717) is 6.42 Å². The van der Waals surface area contributed by atoms with Gasteiger partial charge in [0.2, 0.25) is 10.0 Å². The summed E-state index contributed by atoms with van der Waals surface area (Å²) in [5.41, 5.74) is 6.80. The molecule has 2 rings (SSSR count). The van der Waals surface area contributed by atoms with E-state index in [1.54, 1.807) is 18.2 Å². The first kappa shape index (κ1) is 20.1. The number of rotatable bonds is 9. The molecule has 0 unspecified atom stereocenters. The molecule has 0 aromatic heterocycles. The number of nitrogens with two attached hydrogens (primary N) is 1. The van der Waals surface area contributed by atoms with Crippen molar-refractivity contribution in [1.82, 2.24) is 10.0 Å². The molecule has 2 atom stereocenters. The number of sulfonamides is 1. The van der Waals surface area contributed by atoms with Gasteiger partial charge in [0.25, 0.3) is 5.91 Å². The van der Waals surface area contributed by atoms with E-state index in [9.17, 15) is 18.3 Å². The lowest BCUT2D eigenvalue weighted by molar-refractivity contribution is -0.130. The number of amides is 1. The highest BCUT2D eigenvalue weighted by atomic mass is 32.2. The summed E-state index contributed by atoms with van der Waals surface area (Å²) in [4.78, 5) is 12.1. The van der Waals surface area contributed by atoms with Crippen LogP contribution in [0.4, 0.5) is 0 Å². The molecule has 0 fully saturated rings. The summed E-state index contributed by atoms with van der Waals surface area (Å²) in [5, 5.41) is 12.5. The lowest BCUT2D eigenvalue weighted by atomic mass is 10.0. The quantitative estimate of drug-likeness (QED) is 0.459. The normalized spacial score (nSPS) is 13.8. The molecule has 0 bridgehead atoms. The molecule has 140 valence electrons. The summed E-state index contributed by atoms with van der Waals surface area (Å²) < 4.78 is 26.4. The van der Waals surface area contributed by atoms with Gasteiger partial charge in [-0.1, -0.05) is 48.5 Å². The third kappa shape index (κ3) is 5.92. The molecule has 2 aromatic rings. The summed E-state index contributed by atoms with van der Waals surface area (Å²) >= 11 is 0. The number of carbonyl (C=O) groups is 1. The van der Waals surface area contributed by atoms with Gasteiger partial charge >= 0.3 is 0 Å². The Kier molecular flexibility index (Phi) is 7.28. The third-order valence-corrected chi connectivity index (χ3v) is 5.24. The minimum absolute atomic E-state index is 0.00358. The largest absolute Gasteiger partial charge is 0.382 e. The minimum Gasteiger partial charge on any atom is -0.382 e. The van der Waals surface area contributed by atoms with Gasteiger partial charge in [-0.05, 0) is 24.1 Å². The van der Waals surface area contributed by atoms with Crippen molar-refractivity contribution in [1.29, 1.82) is 0 Å². The second-order valence-corrected chi connectivity index (χ2v) is 7.57. The molecule has 7 nitrogen and oxygen atoms in total. The van der Waals surface area contributed by atoms with Crippen molar-refractivity contribution in [3.8, 4) is 0 Å². The Morgan fingerprint density at radius 3 is 2.19 bits per heavy atom. The minimum atomic E-state index is -3.62. The Hall–Kier alpha value is -2.26. The fraction of sp³-hybridized carbons (Fsp3) is 0.278. The van der Waals surface area contributed by atoms with Gasteiger partial charge in [-0.15, -0.1) is 0 Å². The molecule has 0 saturated heterocycles. The molecule has 0 aliphatic rings. The Bertz CT molecular complexity index is 798. The number of benzene rings is 2. The van der Waals surface area contributed by atoms with Crippen LogP contribution in [0.2, 0.25) is 0 Å². The van der Waals surface area contributed by atoms with Crippen LogP contribution >= 0.6 is 0 Å². The molecule has 0 aliphatic heterocycles. The molecule has 26 heavy (non-hydrogen) atoms. The van der Waals surface area contributed by atoms with Crippen molar-refractivity contribution in [3.05, 3.63) is 66.2 Å². The summed E-state index contributed by atoms with van der Waals surface area (Å²) in [5.74, 6) is -0.632. The van der Waals surface area contributed by atoms with E-state index in [1.807, 2.05) is 30.3 Å². The topological polar surface area (TPSA) is 122 Å². The molecule has 8 heteroatoms. The third-order valence-electron chi connectivity index (χ3n) is 3.76. The second kappa shape index (κ2) is 9.44. The van der Waals surface area contributed by atoms with Crippen LogP contribution in [0.5, 0.6) is 0 Å². The number of hydrogen-bond donors (Lipinski definition) is 4. The van der Waals surface area contributed by atoms with Gasteiger partial charge in [0.05, 0.1) is 4.90 Å². The lowest BCUT2D eigenvalue weighted by Crippen LogP contribution is -2.48. The van der Waals surface area contributed by atoms with Crippen molar-refractivity contribution < 1.29 is 18.3 Å². The van der Waals surface area contributed by atoms with Gasteiger partial charge in [-0.2, -0.15) is 0 Å². The van der Waals surface area contributed by atoms with Crippen LogP contribution in [-0.4, -0.2) is 44.7 Å². The van der Waals surface area contributed by atoms with Gasteiger partial charge in [-0.3, -0.25) is 4.79 Å². The zero-order valence-corrected chi connectivity index (χ0v) is 15.0. The highest BCUT2D eigenvalue weighted by molar-refractivity contribution is 7.89. The van der Waals surface area contributed by atoms with Crippen LogP contribution in [-0.2, 0) is 21.2 Å². The van der Waals surface area contributed by atoms with Crippen molar-refractivity contribution in [2.24, 2.45) is 5.73 Å². The molecule has 0 heterocycles. The first-order valence-electron chi connectivity index (χ1n) is 8.20. The molecule has 0 aliphatic carbocycles. The molecular formula is C18H23N3O4S. The Labute approximate surface area is 153 Å². The summed E-state index contributed by atoms with van der Waals surface area (Å²) in [6.45, 7) is 0.0453. The van der Waals surface area contributed by atoms with Gasteiger partial charge < -0.3 is 16.2 Å². The van der Waals surface area contributed by atoms with Gasteiger partial charge in [-0.25, -0.2) is 13.1 Å². The van der Waals surface area contributed by atoms with Crippen molar-refractivity contribution in [2.75, 3.05) is 13.1 Å². The number of aliphatic hydroxyl groups is 1. The Morgan fingerprint density at radius 2 is 1.58 bits per heavy atom. The number of hydrogen-bond acceptors (Lipinski definition) is 5. The van der Waals surface area contributed by atoms with Crippen LogP contribution in [0.3, 0.4) is 0 Å². The van der Waals surface area contributed by atoms with E-state index in [2.05, 4.69) is 10.0 Å². The zero-order valence-electron chi connectivity index (χ0n) is 14.2. The SMILES string of the molecule is N[C@@H](Cc1ccccc1)[C@@H](O)C(=O)NCCNS(=O)(=O)c1ccccc1. The zero-order chi connectivity index (χ0) is 19.0. The summed E-state index contributed by atoms with van der Waals surface area (Å²) in [6, 6.07) is 16.5. The molecule has 2 aromatic carbocycles. The highest BCUT2D eigenvalue weighted by Crippen LogP contribution is 2.06. The highest BCUT2D eigenvalue weighted by Gasteiger charge is 2.23. The molecule has 5 N–H and O–H groups in total. The molecule has 0 spiro atoms. The maximum absolute atomic E-state index is 12.0. The summed E-state index contributed by atoms with van der Waals surface area (Å²) in [6.07, 6.45) is -1.02. The van der Waals surface area contributed by atoms with E-state index in [-0.39, 0.29) is 18.0 Å². The van der Waals surface area contributed by atoms with Crippen molar-refractivity contribution in [3.63, 3.8) is 0 Å². The van der Waals surface area contributed by atoms with Gasteiger partial charge in [0.1, 0.15) is 6.10 Å². The van der Waals surface area contributed by atoms with E-state index < -0.39 is 28.1 Å². The monoisotopic (exact) mass is 377 g/mol. The maximum Gasteiger partial charge on any atom is 0.250 e. The first-order valence-corrected chi connectivity index (χ1v) is 9.68. The number of nitrogens with one attached hydrogen (secondary N) is 2. The summed E-state index contributed by atoms with van der Waals surface area (Å²) in [7, 11) is -3.62. The molecule has 1 amide bonds. The fourth-order valence-corrected chi connectivity index (χ4v) is 3.40. The average molecular weight is 377 g/mol. The Morgan fingerprint density at radius 1 is 1.00 bits per heavy atom. The smallest absolute Gasteiger partial charge is 0.250 e. The predicted octanol–water partition coefficient (Wildman–Crippen LogP) is 0.0120. The van der Waals surface area contributed by atoms with E-state index in [0.717, 1.165) is 5.56 Å². The van der Waals surface area contributed by atoms with Crippen LogP contribution in [0.1, 0.15) is 5.56 Å². The van der Waals surface area contributed by atoms with E-state index >= 15 is 0 Å². The van der Waals surface area contributed by atoms with Crippen molar-refractivity contribution >= 4 is 15.9 Å². The van der Waals surface area contributed by atoms with E-state index in [1.165, 1.54) is 12.1 Å². The van der Waals surface area contributed by atoms with Crippen LogP contribution in [0.15, 0.2) is 65.6 Å². The van der Waals surface area contributed by atoms with Crippen LogP contribution in [0, 0.1) is 0 Å². The molecule has 0 saturated carbocycles. The van der Waals surface area contributed by atoms with Crippen LogP contribution < -0.4 is 15.8 Å². The lowest BCUT2D eigenvalue weighted by Gasteiger charge is -2.18. The fourth-order valence-electron chi connectivity index (χ4n) is 2.35. The van der Waals surface area contributed by atoms with Gasteiger partial charge in [0.15, 0.2) is 0 Å².